The summed E-state index contributed by atoms with van der Waals surface area (Å²) in [6.07, 6.45) is 2.11. The topological polar surface area (TPSA) is 91.1 Å². The van der Waals surface area contributed by atoms with E-state index in [0.29, 0.717) is 17.8 Å². The minimum atomic E-state index is -0.199. The third-order valence-electron chi connectivity index (χ3n) is 2.72. The molecule has 5 N–H and O–H groups in total. The first-order valence-electron chi connectivity index (χ1n) is 5.70. The maximum Gasteiger partial charge on any atom is 0.268 e. The smallest absolute Gasteiger partial charge is 0.268 e. The van der Waals surface area contributed by atoms with Gasteiger partial charge in [0, 0.05) is 24.5 Å². The Hall–Kier alpha value is -1.49. The van der Waals surface area contributed by atoms with E-state index >= 15 is 0 Å². The summed E-state index contributed by atoms with van der Waals surface area (Å²) in [5, 5.41) is 11.9. The minimum absolute atomic E-state index is 0.0507. The van der Waals surface area contributed by atoms with Crippen molar-refractivity contribution in [1.82, 2.24) is 10.3 Å². The Morgan fingerprint density at radius 1 is 1.59 bits per heavy atom. The predicted molar refractivity (Wildman–Crippen MR) is 67.6 cm³/mol. The Balaban J connectivity index is 2.71. The summed E-state index contributed by atoms with van der Waals surface area (Å²) in [6.45, 7) is 6.12. The number of hydrogen-bond acceptors (Lipinski definition) is 3. The van der Waals surface area contributed by atoms with Crippen LogP contribution >= 0.6 is 0 Å². The lowest BCUT2D eigenvalue weighted by molar-refractivity contribution is 0.0880. The third kappa shape index (κ3) is 3.78. The first-order chi connectivity index (χ1) is 7.84. The first kappa shape index (κ1) is 13.6. The Morgan fingerprint density at radius 3 is 2.65 bits per heavy atom. The molecule has 0 saturated heterocycles. The van der Waals surface area contributed by atoms with E-state index in [1.807, 2.05) is 20.8 Å². The highest BCUT2D eigenvalue weighted by Gasteiger charge is 2.26. The molecule has 17 heavy (non-hydrogen) atoms. The van der Waals surface area contributed by atoms with Crippen LogP contribution in [0.25, 0.3) is 0 Å². The van der Waals surface area contributed by atoms with E-state index in [4.69, 9.17) is 10.8 Å². The molecule has 0 fully saturated rings. The summed E-state index contributed by atoms with van der Waals surface area (Å²) in [4.78, 5) is 14.7. The summed E-state index contributed by atoms with van der Waals surface area (Å²) in [7, 11) is 0. The molecular formula is C12H21N3O2. The second-order valence-electron chi connectivity index (χ2n) is 5.25. The molecule has 0 spiro atoms. The van der Waals surface area contributed by atoms with Crippen molar-refractivity contribution in [2.75, 3.05) is 12.3 Å². The van der Waals surface area contributed by atoms with Crippen LogP contribution in [0.15, 0.2) is 12.3 Å². The zero-order chi connectivity index (χ0) is 13.1. The number of aromatic nitrogens is 1. The van der Waals surface area contributed by atoms with E-state index in [2.05, 4.69) is 10.3 Å². The normalized spacial score (nSPS) is 13.4. The van der Waals surface area contributed by atoms with Gasteiger partial charge in [-0.25, -0.2) is 0 Å². The molecule has 1 atom stereocenters. The first-order valence-corrected chi connectivity index (χ1v) is 5.70. The summed E-state index contributed by atoms with van der Waals surface area (Å²) in [6, 6.07) is 1.51. The van der Waals surface area contributed by atoms with Gasteiger partial charge in [-0.15, -0.1) is 0 Å². The number of aromatic amines is 1. The molecule has 1 rings (SSSR count). The summed E-state index contributed by atoms with van der Waals surface area (Å²) in [5.41, 5.74) is 6.41. The molecule has 96 valence electrons. The van der Waals surface area contributed by atoms with Gasteiger partial charge < -0.3 is 21.1 Å². The van der Waals surface area contributed by atoms with E-state index in [-0.39, 0.29) is 24.0 Å². The molecule has 0 radical (unpaired) electrons. The molecule has 1 heterocycles. The number of hydrogen-bond donors (Lipinski definition) is 4. The molecule has 0 saturated carbocycles. The van der Waals surface area contributed by atoms with Crippen LogP contribution in [0.1, 0.15) is 37.7 Å². The zero-order valence-electron chi connectivity index (χ0n) is 10.6. The number of rotatable bonds is 4. The Kier molecular flexibility index (Phi) is 4.17. The highest BCUT2D eigenvalue weighted by atomic mass is 16.3. The Labute approximate surface area is 101 Å². The van der Waals surface area contributed by atoms with Crippen molar-refractivity contribution in [3.63, 3.8) is 0 Å². The van der Waals surface area contributed by atoms with Gasteiger partial charge in [0.05, 0.1) is 0 Å². The van der Waals surface area contributed by atoms with Crippen LogP contribution in [-0.4, -0.2) is 28.6 Å². The van der Waals surface area contributed by atoms with E-state index in [1.165, 1.54) is 0 Å². The van der Waals surface area contributed by atoms with Crippen LogP contribution in [-0.2, 0) is 0 Å². The molecular weight excluding hydrogens is 218 g/mol. The largest absolute Gasteiger partial charge is 0.397 e. The number of amides is 1. The molecule has 1 amide bonds. The highest BCUT2D eigenvalue weighted by Crippen LogP contribution is 2.22. The van der Waals surface area contributed by atoms with E-state index in [0.717, 1.165) is 0 Å². The standard InChI is InChI=1S/C12H21N3O2/c1-12(2,3)10(4-5-16)15-11(17)9-6-8(13)7-14-9/h6-7,10,14,16H,4-5,13H2,1-3H3,(H,15,17). The number of H-pyrrole nitrogens is 1. The van der Waals surface area contributed by atoms with Gasteiger partial charge in [-0.2, -0.15) is 0 Å². The van der Waals surface area contributed by atoms with Crippen molar-refractivity contribution in [2.24, 2.45) is 5.41 Å². The summed E-state index contributed by atoms with van der Waals surface area (Å²) in [5.74, 6) is -0.199. The van der Waals surface area contributed by atoms with Gasteiger partial charge in [-0.05, 0) is 17.9 Å². The van der Waals surface area contributed by atoms with Crippen LogP contribution < -0.4 is 11.1 Å². The van der Waals surface area contributed by atoms with Gasteiger partial charge in [0.2, 0.25) is 0 Å². The maximum atomic E-state index is 11.9. The molecule has 5 nitrogen and oxygen atoms in total. The molecule has 1 aromatic rings. The molecule has 0 aliphatic carbocycles. The fourth-order valence-corrected chi connectivity index (χ4v) is 1.63. The lowest BCUT2D eigenvalue weighted by atomic mass is 9.85. The van der Waals surface area contributed by atoms with Crippen molar-refractivity contribution < 1.29 is 9.90 Å². The van der Waals surface area contributed by atoms with Gasteiger partial charge in [0.1, 0.15) is 5.69 Å². The number of aliphatic hydroxyl groups is 1. The predicted octanol–water partition coefficient (Wildman–Crippen LogP) is 1.12. The van der Waals surface area contributed by atoms with Crippen molar-refractivity contribution in [1.29, 1.82) is 0 Å². The van der Waals surface area contributed by atoms with E-state index in [9.17, 15) is 4.79 Å². The van der Waals surface area contributed by atoms with Crippen LogP contribution in [0.5, 0.6) is 0 Å². The quantitative estimate of drug-likeness (QED) is 0.634. The fourth-order valence-electron chi connectivity index (χ4n) is 1.63. The Bertz CT molecular complexity index is 379. The zero-order valence-corrected chi connectivity index (χ0v) is 10.6. The minimum Gasteiger partial charge on any atom is -0.397 e. The van der Waals surface area contributed by atoms with E-state index in [1.54, 1.807) is 12.3 Å². The molecule has 1 aromatic heterocycles. The van der Waals surface area contributed by atoms with Crippen LogP contribution in [0.2, 0.25) is 0 Å². The van der Waals surface area contributed by atoms with Gasteiger partial charge in [-0.1, -0.05) is 20.8 Å². The highest BCUT2D eigenvalue weighted by molar-refractivity contribution is 5.93. The monoisotopic (exact) mass is 239 g/mol. The number of nitrogen functional groups attached to an aromatic ring is 1. The average Bonchev–Trinajstić information content (AvgIpc) is 2.62. The van der Waals surface area contributed by atoms with Crippen molar-refractivity contribution in [3.8, 4) is 0 Å². The number of carbonyl (C=O) groups excluding carboxylic acids is 1. The second-order valence-corrected chi connectivity index (χ2v) is 5.25. The van der Waals surface area contributed by atoms with Gasteiger partial charge in [0.25, 0.3) is 5.91 Å². The lowest BCUT2D eigenvalue weighted by Crippen LogP contribution is -2.44. The lowest BCUT2D eigenvalue weighted by Gasteiger charge is -2.30. The SMILES string of the molecule is CC(C)(C)C(CCO)NC(=O)c1cc(N)c[nH]1. The average molecular weight is 239 g/mol. The number of aliphatic hydroxyl groups excluding tert-OH is 1. The maximum absolute atomic E-state index is 11.9. The number of anilines is 1. The van der Waals surface area contributed by atoms with Crippen LogP contribution in [0.4, 0.5) is 5.69 Å². The fraction of sp³-hybridized carbons (Fsp3) is 0.583. The Morgan fingerprint density at radius 2 is 2.24 bits per heavy atom. The van der Waals surface area contributed by atoms with Gasteiger partial charge in [-0.3, -0.25) is 4.79 Å². The van der Waals surface area contributed by atoms with Crippen LogP contribution in [0.3, 0.4) is 0 Å². The molecule has 0 aliphatic rings. The van der Waals surface area contributed by atoms with Crippen molar-refractivity contribution >= 4 is 11.6 Å². The third-order valence-corrected chi connectivity index (χ3v) is 2.72. The molecule has 0 aromatic carbocycles. The number of nitrogens with two attached hydrogens (primary N) is 1. The second kappa shape index (κ2) is 5.23. The summed E-state index contributed by atoms with van der Waals surface area (Å²) >= 11 is 0. The van der Waals surface area contributed by atoms with Gasteiger partial charge in [0.15, 0.2) is 0 Å². The van der Waals surface area contributed by atoms with E-state index < -0.39 is 0 Å². The van der Waals surface area contributed by atoms with Crippen molar-refractivity contribution in [3.05, 3.63) is 18.0 Å². The van der Waals surface area contributed by atoms with Crippen molar-refractivity contribution in [2.45, 2.75) is 33.2 Å². The molecule has 1 unspecified atom stereocenters. The molecule has 0 bridgehead atoms. The van der Waals surface area contributed by atoms with Crippen LogP contribution in [0, 0.1) is 5.41 Å². The number of nitrogens with one attached hydrogen (secondary N) is 2. The van der Waals surface area contributed by atoms with Gasteiger partial charge >= 0.3 is 0 Å². The number of carbonyl (C=O) groups is 1. The molecule has 0 aliphatic heterocycles. The molecule has 5 heteroatoms. The summed E-state index contributed by atoms with van der Waals surface area (Å²) < 4.78 is 0.